The average molecular weight is 195 g/mol. The summed E-state index contributed by atoms with van der Waals surface area (Å²) < 4.78 is 18.6. The van der Waals surface area contributed by atoms with Crippen LogP contribution in [0.5, 0.6) is 5.75 Å². The molecule has 1 aromatic carbocycles. The van der Waals surface area contributed by atoms with Gasteiger partial charge >= 0.3 is 0 Å². The van der Waals surface area contributed by atoms with Gasteiger partial charge in [-0.05, 0) is 18.1 Å². The Kier molecular flexibility index (Phi) is 2.42. The van der Waals surface area contributed by atoms with Crippen LogP contribution in [-0.2, 0) is 6.42 Å². The van der Waals surface area contributed by atoms with Crippen LogP contribution in [0.2, 0.25) is 0 Å². The molecule has 0 aliphatic carbocycles. The molecule has 1 aromatic rings. The second-order valence-corrected chi connectivity index (χ2v) is 3.60. The number of fused-ring (bicyclic) bond motifs is 1. The molecule has 1 atom stereocenters. The van der Waals surface area contributed by atoms with Gasteiger partial charge in [-0.15, -0.1) is 0 Å². The topological polar surface area (TPSA) is 35.2 Å². The maximum atomic E-state index is 13.5. The smallest absolute Gasteiger partial charge is 0.165 e. The third kappa shape index (κ3) is 1.48. The largest absolute Gasteiger partial charge is 0.490 e. The SMILES string of the molecule is CC[C@H](N)c1cc(F)c2c(c1)CCO2. The third-order valence-corrected chi connectivity index (χ3v) is 2.63. The first-order valence-corrected chi connectivity index (χ1v) is 4.93. The molecule has 0 bridgehead atoms. The standard InChI is InChI=1S/C11H14FNO/c1-2-10(13)8-5-7-3-4-14-11(7)9(12)6-8/h5-6,10H,2-4,13H2,1H3/t10-/m0/s1. The van der Waals surface area contributed by atoms with Crippen molar-refractivity contribution in [2.24, 2.45) is 5.73 Å². The highest BCUT2D eigenvalue weighted by molar-refractivity contribution is 5.42. The molecule has 0 spiro atoms. The van der Waals surface area contributed by atoms with Crippen molar-refractivity contribution >= 4 is 0 Å². The summed E-state index contributed by atoms with van der Waals surface area (Å²) >= 11 is 0. The Morgan fingerprint density at radius 3 is 3.07 bits per heavy atom. The fourth-order valence-electron chi connectivity index (χ4n) is 1.73. The lowest BCUT2D eigenvalue weighted by molar-refractivity contribution is 0.339. The number of halogens is 1. The molecular formula is C11H14FNO. The van der Waals surface area contributed by atoms with E-state index in [1.165, 1.54) is 6.07 Å². The van der Waals surface area contributed by atoms with Gasteiger partial charge in [-0.25, -0.2) is 4.39 Å². The maximum Gasteiger partial charge on any atom is 0.165 e. The zero-order valence-electron chi connectivity index (χ0n) is 8.22. The molecular weight excluding hydrogens is 181 g/mol. The van der Waals surface area contributed by atoms with Gasteiger partial charge in [0, 0.05) is 18.0 Å². The maximum absolute atomic E-state index is 13.5. The lowest BCUT2D eigenvalue weighted by atomic mass is 10.0. The lowest BCUT2D eigenvalue weighted by Gasteiger charge is -2.11. The Morgan fingerprint density at radius 2 is 2.36 bits per heavy atom. The number of nitrogens with two attached hydrogens (primary N) is 1. The van der Waals surface area contributed by atoms with Crippen LogP contribution >= 0.6 is 0 Å². The molecule has 2 rings (SSSR count). The van der Waals surface area contributed by atoms with Crippen LogP contribution in [-0.4, -0.2) is 6.61 Å². The van der Waals surface area contributed by atoms with Crippen molar-refractivity contribution in [2.45, 2.75) is 25.8 Å². The minimum atomic E-state index is -0.279. The Labute approximate surface area is 82.9 Å². The number of benzene rings is 1. The lowest BCUT2D eigenvalue weighted by Crippen LogP contribution is -2.09. The molecule has 1 aliphatic heterocycles. The van der Waals surface area contributed by atoms with Gasteiger partial charge in [-0.3, -0.25) is 0 Å². The van der Waals surface area contributed by atoms with Crippen molar-refractivity contribution in [3.05, 3.63) is 29.1 Å². The molecule has 0 radical (unpaired) electrons. The average Bonchev–Trinajstić information content (AvgIpc) is 2.64. The van der Waals surface area contributed by atoms with Crippen LogP contribution in [0.15, 0.2) is 12.1 Å². The van der Waals surface area contributed by atoms with Crippen molar-refractivity contribution in [1.82, 2.24) is 0 Å². The Hall–Kier alpha value is -1.09. The van der Waals surface area contributed by atoms with Gasteiger partial charge in [0.2, 0.25) is 0 Å². The first kappa shape index (κ1) is 9.46. The molecule has 0 fully saturated rings. The van der Waals surface area contributed by atoms with Crippen LogP contribution in [0.25, 0.3) is 0 Å². The Balaban J connectivity index is 2.41. The van der Waals surface area contributed by atoms with E-state index in [2.05, 4.69) is 0 Å². The highest BCUT2D eigenvalue weighted by atomic mass is 19.1. The number of hydrogen-bond acceptors (Lipinski definition) is 2. The molecule has 76 valence electrons. The molecule has 0 unspecified atom stereocenters. The van der Waals surface area contributed by atoms with E-state index in [1.54, 1.807) is 0 Å². The summed E-state index contributed by atoms with van der Waals surface area (Å²) in [6.45, 7) is 2.57. The number of hydrogen-bond donors (Lipinski definition) is 1. The van der Waals surface area contributed by atoms with E-state index in [0.29, 0.717) is 12.4 Å². The monoisotopic (exact) mass is 195 g/mol. The minimum absolute atomic E-state index is 0.0737. The molecule has 1 heterocycles. The minimum Gasteiger partial charge on any atom is -0.490 e. The predicted octanol–water partition coefficient (Wildman–Crippen LogP) is 2.17. The van der Waals surface area contributed by atoms with Gasteiger partial charge in [-0.1, -0.05) is 13.0 Å². The van der Waals surface area contributed by atoms with Crippen LogP contribution in [0.3, 0.4) is 0 Å². The predicted molar refractivity (Wildman–Crippen MR) is 52.8 cm³/mol. The van der Waals surface area contributed by atoms with E-state index in [0.717, 1.165) is 24.0 Å². The molecule has 3 heteroatoms. The van der Waals surface area contributed by atoms with Crippen molar-refractivity contribution in [3.63, 3.8) is 0 Å². The van der Waals surface area contributed by atoms with Gasteiger partial charge in [0.15, 0.2) is 11.6 Å². The molecule has 0 amide bonds. The molecule has 14 heavy (non-hydrogen) atoms. The van der Waals surface area contributed by atoms with E-state index in [9.17, 15) is 4.39 Å². The van der Waals surface area contributed by atoms with Gasteiger partial charge < -0.3 is 10.5 Å². The fourth-order valence-corrected chi connectivity index (χ4v) is 1.73. The van der Waals surface area contributed by atoms with Crippen molar-refractivity contribution < 1.29 is 9.13 Å². The first-order chi connectivity index (χ1) is 6.72. The van der Waals surface area contributed by atoms with E-state index in [-0.39, 0.29) is 11.9 Å². The molecule has 1 aliphatic rings. The molecule has 2 N–H and O–H groups in total. The van der Waals surface area contributed by atoms with Crippen molar-refractivity contribution in [3.8, 4) is 5.75 Å². The van der Waals surface area contributed by atoms with E-state index >= 15 is 0 Å². The first-order valence-electron chi connectivity index (χ1n) is 4.93. The zero-order chi connectivity index (χ0) is 10.1. The molecule has 2 nitrogen and oxygen atoms in total. The van der Waals surface area contributed by atoms with Crippen LogP contribution < -0.4 is 10.5 Å². The van der Waals surface area contributed by atoms with E-state index < -0.39 is 0 Å². The fraction of sp³-hybridized carbons (Fsp3) is 0.455. The quantitative estimate of drug-likeness (QED) is 0.785. The van der Waals surface area contributed by atoms with E-state index in [1.807, 2.05) is 13.0 Å². The number of ether oxygens (including phenoxy) is 1. The summed E-state index contributed by atoms with van der Waals surface area (Å²) in [6.07, 6.45) is 1.61. The summed E-state index contributed by atoms with van der Waals surface area (Å²) in [5.74, 6) is 0.135. The van der Waals surface area contributed by atoms with Gasteiger partial charge in [0.1, 0.15) is 0 Å². The number of rotatable bonds is 2. The van der Waals surface area contributed by atoms with Crippen molar-refractivity contribution in [1.29, 1.82) is 0 Å². The van der Waals surface area contributed by atoms with E-state index in [4.69, 9.17) is 10.5 Å². The summed E-state index contributed by atoms with van der Waals surface area (Å²) in [6, 6.07) is 3.37. The van der Waals surface area contributed by atoms with Crippen LogP contribution in [0.1, 0.15) is 30.5 Å². The third-order valence-electron chi connectivity index (χ3n) is 2.63. The highest BCUT2D eigenvalue weighted by Crippen LogP contribution is 2.31. The van der Waals surface area contributed by atoms with Gasteiger partial charge in [0.05, 0.1) is 6.61 Å². The summed E-state index contributed by atoms with van der Waals surface area (Å²) in [5.41, 5.74) is 7.67. The Morgan fingerprint density at radius 1 is 1.57 bits per heavy atom. The van der Waals surface area contributed by atoms with Gasteiger partial charge in [-0.2, -0.15) is 0 Å². The Bertz CT molecular complexity index is 351. The summed E-state index contributed by atoms with van der Waals surface area (Å²) in [7, 11) is 0. The summed E-state index contributed by atoms with van der Waals surface area (Å²) in [5, 5.41) is 0. The highest BCUT2D eigenvalue weighted by Gasteiger charge is 2.19. The second kappa shape index (κ2) is 3.58. The van der Waals surface area contributed by atoms with Crippen LogP contribution in [0, 0.1) is 5.82 Å². The second-order valence-electron chi connectivity index (χ2n) is 3.60. The molecule has 0 saturated heterocycles. The molecule has 0 saturated carbocycles. The van der Waals surface area contributed by atoms with Crippen LogP contribution in [0.4, 0.5) is 4.39 Å². The van der Waals surface area contributed by atoms with Gasteiger partial charge in [0.25, 0.3) is 0 Å². The summed E-state index contributed by atoms with van der Waals surface area (Å²) in [4.78, 5) is 0. The zero-order valence-corrected chi connectivity index (χ0v) is 8.22. The van der Waals surface area contributed by atoms with Crippen molar-refractivity contribution in [2.75, 3.05) is 6.61 Å². The molecule has 0 aromatic heterocycles. The normalized spacial score (nSPS) is 16.2.